The number of hydrogen-bond donors (Lipinski definition) is 2. The van der Waals surface area contributed by atoms with Crippen LogP contribution in [0.2, 0.25) is 0 Å². The van der Waals surface area contributed by atoms with Gasteiger partial charge in [-0.25, -0.2) is 0 Å². The number of rotatable bonds is 13. The molecule has 0 radical (unpaired) electrons. The summed E-state index contributed by atoms with van der Waals surface area (Å²) in [7, 11) is 3.62. The second-order valence-corrected chi connectivity index (χ2v) is 11.1. The number of hydrogen-bond acceptors (Lipinski definition) is 5. The van der Waals surface area contributed by atoms with Gasteiger partial charge in [0.2, 0.25) is 5.91 Å². The number of fused-ring (bicyclic) bond motifs is 2. The zero-order chi connectivity index (χ0) is 28.4. The number of methoxy groups -OCH3 is 1. The molecule has 1 aliphatic carbocycles. The van der Waals surface area contributed by atoms with Gasteiger partial charge in [0.1, 0.15) is 12.0 Å². The quantitative estimate of drug-likeness (QED) is 0.213. The minimum absolute atomic E-state index is 0.0440. The largest absolute Gasteiger partial charge is 0.383 e. The SMILES string of the molecule is CC.COCCN(C(=O)CN(C)CCCCCC=O)c1ccc2cc(-c3n[nH]c4c3CCC(C)(C)C4)[nH]c2c1. The van der Waals surface area contributed by atoms with Crippen LogP contribution in [0.3, 0.4) is 0 Å². The van der Waals surface area contributed by atoms with Crippen molar-refractivity contribution in [3.8, 4) is 11.4 Å². The zero-order valence-corrected chi connectivity index (χ0v) is 24.7. The van der Waals surface area contributed by atoms with Gasteiger partial charge in [-0.3, -0.25) is 14.8 Å². The van der Waals surface area contributed by atoms with E-state index in [0.29, 0.717) is 31.5 Å². The number of anilines is 1. The molecule has 1 aromatic carbocycles. The van der Waals surface area contributed by atoms with Gasteiger partial charge in [-0.1, -0.05) is 40.2 Å². The van der Waals surface area contributed by atoms with E-state index in [9.17, 15) is 9.59 Å². The minimum Gasteiger partial charge on any atom is -0.383 e. The van der Waals surface area contributed by atoms with E-state index >= 15 is 0 Å². The molecule has 0 unspecified atom stereocenters. The summed E-state index contributed by atoms with van der Waals surface area (Å²) in [4.78, 5) is 31.2. The number of aromatic nitrogens is 3. The molecule has 2 heterocycles. The number of aldehydes is 1. The molecule has 4 rings (SSSR count). The van der Waals surface area contributed by atoms with Gasteiger partial charge in [0.05, 0.1) is 18.8 Å². The fourth-order valence-corrected chi connectivity index (χ4v) is 5.24. The van der Waals surface area contributed by atoms with E-state index in [4.69, 9.17) is 4.74 Å². The van der Waals surface area contributed by atoms with Crippen LogP contribution in [0.4, 0.5) is 5.69 Å². The first-order valence-corrected chi connectivity index (χ1v) is 14.4. The summed E-state index contributed by atoms with van der Waals surface area (Å²) in [5, 5.41) is 9.04. The lowest BCUT2D eigenvalue weighted by Gasteiger charge is -2.28. The number of carbonyl (C=O) groups excluding carboxylic acids is 2. The highest BCUT2D eigenvalue weighted by atomic mass is 16.5. The standard InChI is InChI=1S/C29H41N5O3.C2H6/c1-29(2)12-11-23-26(19-29)31-32-28(23)25-17-21-9-10-22(18-24(21)30-25)34(14-16-37-4)27(36)20-33(3)13-7-5-6-8-15-35;1-2/h9-10,15,17-18,30H,5-8,11-14,16,19-20H2,1-4H3,(H,31,32);1-2H3. The second kappa shape index (κ2) is 14.4. The van der Waals surface area contributed by atoms with Crippen LogP contribution in [0.25, 0.3) is 22.3 Å². The average molecular weight is 538 g/mol. The fourth-order valence-electron chi connectivity index (χ4n) is 5.24. The number of unbranched alkanes of at least 4 members (excludes halogenated alkanes) is 3. The molecule has 0 fully saturated rings. The van der Waals surface area contributed by atoms with Gasteiger partial charge in [0.25, 0.3) is 0 Å². The number of benzene rings is 1. The molecular formula is C31H47N5O3. The Labute approximate surface area is 233 Å². The molecule has 0 aliphatic heterocycles. The number of aromatic amines is 2. The van der Waals surface area contributed by atoms with Crippen molar-refractivity contribution in [3.63, 3.8) is 0 Å². The van der Waals surface area contributed by atoms with E-state index < -0.39 is 0 Å². The minimum atomic E-state index is 0.0440. The van der Waals surface area contributed by atoms with E-state index in [1.54, 1.807) is 7.11 Å². The molecule has 1 aliphatic rings. The Morgan fingerprint density at radius 3 is 2.69 bits per heavy atom. The van der Waals surface area contributed by atoms with Crippen molar-refractivity contribution < 1.29 is 14.3 Å². The van der Waals surface area contributed by atoms with Gasteiger partial charge in [-0.15, -0.1) is 0 Å². The van der Waals surface area contributed by atoms with Gasteiger partial charge in [-0.05, 0) is 69.3 Å². The molecule has 3 aromatic rings. The Balaban J connectivity index is 0.00000205. The first-order valence-electron chi connectivity index (χ1n) is 14.4. The molecule has 8 nitrogen and oxygen atoms in total. The molecule has 0 atom stereocenters. The predicted octanol–water partition coefficient (Wildman–Crippen LogP) is 5.77. The lowest BCUT2D eigenvalue weighted by Crippen LogP contribution is -2.41. The third kappa shape index (κ3) is 8.02. The summed E-state index contributed by atoms with van der Waals surface area (Å²) < 4.78 is 5.30. The van der Waals surface area contributed by atoms with Crippen molar-refractivity contribution in [2.45, 2.75) is 72.6 Å². The third-order valence-corrected chi connectivity index (χ3v) is 7.42. The summed E-state index contributed by atoms with van der Waals surface area (Å²) in [6.07, 6.45) is 7.64. The van der Waals surface area contributed by atoms with Gasteiger partial charge in [0.15, 0.2) is 0 Å². The van der Waals surface area contributed by atoms with Crippen molar-refractivity contribution in [2.75, 3.05) is 45.3 Å². The first-order chi connectivity index (χ1) is 18.8. The Hall–Kier alpha value is -2.97. The summed E-state index contributed by atoms with van der Waals surface area (Å²) >= 11 is 0. The number of likely N-dealkylation sites (N-methyl/N-ethyl adjacent to an activating group) is 1. The first kappa shape index (κ1) is 30.6. The van der Waals surface area contributed by atoms with E-state index in [1.165, 1.54) is 11.3 Å². The lowest BCUT2D eigenvalue weighted by molar-refractivity contribution is -0.119. The molecule has 0 saturated heterocycles. The van der Waals surface area contributed by atoms with Gasteiger partial charge in [0, 0.05) is 47.9 Å². The summed E-state index contributed by atoms with van der Waals surface area (Å²) in [6.45, 7) is 10.7. The summed E-state index contributed by atoms with van der Waals surface area (Å²) in [5.41, 5.74) is 6.72. The average Bonchev–Trinajstić information content (AvgIpc) is 3.52. The van der Waals surface area contributed by atoms with Crippen LogP contribution in [0.5, 0.6) is 0 Å². The molecule has 1 amide bonds. The van der Waals surface area contributed by atoms with E-state index in [-0.39, 0.29) is 5.91 Å². The topological polar surface area (TPSA) is 94.3 Å². The van der Waals surface area contributed by atoms with Crippen molar-refractivity contribution in [3.05, 3.63) is 35.5 Å². The number of amides is 1. The van der Waals surface area contributed by atoms with Crippen LogP contribution >= 0.6 is 0 Å². The smallest absolute Gasteiger partial charge is 0.241 e. The van der Waals surface area contributed by atoms with Crippen molar-refractivity contribution in [1.29, 1.82) is 0 Å². The highest BCUT2D eigenvalue weighted by Crippen LogP contribution is 2.38. The van der Waals surface area contributed by atoms with Crippen molar-refractivity contribution in [1.82, 2.24) is 20.1 Å². The van der Waals surface area contributed by atoms with Crippen LogP contribution < -0.4 is 4.90 Å². The highest BCUT2D eigenvalue weighted by molar-refractivity contribution is 5.97. The lowest BCUT2D eigenvalue weighted by atomic mass is 9.76. The van der Waals surface area contributed by atoms with Crippen LogP contribution in [0, 0.1) is 5.41 Å². The molecule has 0 saturated carbocycles. The Morgan fingerprint density at radius 2 is 1.95 bits per heavy atom. The maximum Gasteiger partial charge on any atom is 0.241 e. The molecule has 39 heavy (non-hydrogen) atoms. The monoisotopic (exact) mass is 537 g/mol. The van der Waals surface area contributed by atoms with Gasteiger partial charge in [-0.2, -0.15) is 5.10 Å². The molecule has 2 N–H and O–H groups in total. The number of carbonyl (C=O) groups is 2. The van der Waals surface area contributed by atoms with Crippen molar-refractivity contribution in [2.24, 2.45) is 5.41 Å². The van der Waals surface area contributed by atoms with E-state index in [1.807, 2.05) is 37.9 Å². The van der Waals surface area contributed by atoms with Gasteiger partial charge < -0.3 is 19.4 Å². The molecule has 8 heteroatoms. The number of H-pyrrole nitrogens is 2. The second-order valence-electron chi connectivity index (χ2n) is 11.1. The maximum atomic E-state index is 13.3. The van der Waals surface area contributed by atoms with Crippen LogP contribution in [0.1, 0.15) is 71.1 Å². The molecule has 2 aromatic heterocycles. The molecule has 0 spiro atoms. The fraction of sp³-hybridized carbons (Fsp3) is 0.581. The zero-order valence-electron chi connectivity index (χ0n) is 24.7. The maximum absolute atomic E-state index is 13.3. The van der Waals surface area contributed by atoms with Crippen LogP contribution in [-0.4, -0.2) is 72.7 Å². The summed E-state index contributed by atoms with van der Waals surface area (Å²) in [5.74, 6) is 0.0440. The summed E-state index contributed by atoms with van der Waals surface area (Å²) in [6, 6.07) is 8.27. The third-order valence-electron chi connectivity index (χ3n) is 7.42. The number of ether oxygens (including phenoxy) is 1. The van der Waals surface area contributed by atoms with E-state index in [0.717, 1.165) is 79.3 Å². The highest BCUT2D eigenvalue weighted by Gasteiger charge is 2.29. The number of nitrogens with zero attached hydrogens (tertiary/aromatic N) is 3. The van der Waals surface area contributed by atoms with Crippen LogP contribution in [0.15, 0.2) is 24.3 Å². The predicted molar refractivity (Wildman–Crippen MR) is 159 cm³/mol. The Bertz CT molecular complexity index is 1210. The Kier molecular flexibility index (Phi) is 11.3. The van der Waals surface area contributed by atoms with E-state index in [2.05, 4.69) is 46.1 Å². The van der Waals surface area contributed by atoms with Crippen LogP contribution in [-0.2, 0) is 27.2 Å². The normalized spacial score (nSPS) is 14.1. The molecular weight excluding hydrogens is 490 g/mol. The Morgan fingerprint density at radius 1 is 1.15 bits per heavy atom. The molecule has 0 bridgehead atoms. The number of nitrogens with one attached hydrogen (secondary N) is 2. The van der Waals surface area contributed by atoms with Crippen molar-refractivity contribution >= 4 is 28.8 Å². The van der Waals surface area contributed by atoms with Gasteiger partial charge >= 0.3 is 0 Å². The molecule has 214 valence electrons.